The van der Waals surface area contributed by atoms with Gasteiger partial charge in [0.25, 0.3) is 0 Å². The van der Waals surface area contributed by atoms with Crippen LogP contribution in [-0.4, -0.2) is 40.7 Å². The van der Waals surface area contributed by atoms with Crippen LogP contribution >= 0.6 is 0 Å². The summed E-state index contributed by atoms with van der Waals surface area (Å²) in [5.41, 5.74) is 1.21. The van der Waals surface area contributed by atoms with E-state index in [1.54, 1.807) is 4.68 Å². The summed E-state index contributed by atoms with van der Waals surface area (Å²) in [6.07, 6.45) is 5.85. The van der Waals surface area contributed by atoms with Crippen LogP contribution in [0, 0.1) is 0 Å². The van der Waals surface area contributed by atoms with Gasteiger partial charge in [0.05, 0.1) is 11.7 Å². The van der Waals surface area contributed by atoms with Crippen LogP contribution in [-0.2, 0) is 5.54 Å². The van der Waals surface area contributed by atoms with E-state index < -0.39 is 11.6 Å². The summed E-state index contributed by atoms with van der Waals surface area (Å²) in [5, 5.41) is 33.5. The largest absolute Gasteiger partial charge is 0.382 e. The van der Waals surface area contributed by atoms with E-state index in [0.717, 1.165) is 43.4 Å². The highest BCUT2D eigenvalue weighted by Crippen LogP contribution is 2.43. The number of tetrazole rings is 1. The van der Waals surface area contributed by atoms with Crippen LogP contribution < -0.4 is 0 Å². The lowest BCUT2D eigenvalue weighted by atomic mass is 9.77. The monoisotopic (exact) mass is 325 g/mol. The van der Waals surface area contributed by atoms with Crippen LogP contribution in [0.2, 0.25) is 0 Å². The van der Waals surface area contributed by atoms with E-state index in [9.17, 15) is 5.11 Å². The zero-order valence-corrected chi connectivity index (χ0v) is 13.2. The van der Waals surface area contributed by atoms with E-state index in [1.807, 2.05) is 36.5 Å². The Hall–Kier alpha value is -2.61. The number of hydrogen-bond donors (Lipinski definition) is 2. The van der Waals surface area contributed by atoms with Crippen molar-refractivity contribution < 1.29 is 5.11 Å². The maximum absolute atomic E-state index is 10.9. The van der Waals surface area contributed by atoms with Crippen molar-refractivity contribution in [2.45, 2.75) is 43.7 Å². The summed E-state index contributed by atoms with van der Waals surface area (Å²) in [7, 11) is 0. The Kier molecular flexibility index (Phi) is 3.81. The number of benzene rings is 1. The van der Waals surface area contributed by atoms with Crippen molar-refractivity contribution in [1.82, 2.24) is 35.6 Å². The Morgan fingerprint density at radius 1 is 1.08 bits per heavy atom. The van der Waals surface area contributed by atoms with Gasteiger partial charge in [-0.1, -0.05) is 60.0 Å². The molecule has 1 saturated carbocycles. The highest BCUT2D eigenvalue weighted by Gasteiger charge is 2.44. The fraction of sp³-hybridized carbons (Fsp3) is 0.438. The van der Waals surface area contributed by atoms with Crippen LogP contribution in [0.25, 0.3) is 11.3 Å². The highest BCUT2D eigenvalue weighted by molar-refractivity contribution is 5.57. The lowest BCUT2D eigenvalue weighted by Crippen LogP contribution is -2.42. The first kappa shape index (κ1) is 14.9. The Bertz CT molecular complexity index is 778. The standard InChI is InChI=1S/C16H19N7O/c24-14(15-18-20-21-19-15)16(9-5-2-6-10-16)23-11-13(17-22-23)12-7-3-1-4-8-12/h1,3-4,7-8,11,14,24H,2,5-6,9-10H2,(H,18,19,20,21). The van der Waals surface area contributed by atoms with Crippen molar-refractivity contribution in [3.05, 3.63) is 42.4 Å². The second-order valence-corrected chi connectivity index (χ2v) is 6.25. The zero-order valence-electron chi connectivity index (χ0n) is 13.2. The molecule has 4 rings (SSSR count). The smallest absolute Gasteiger partial charge is 0.205 e. The third-order valence-corrected chi connectivity index (χ3v) is 4.85. The van der Waals surface area contributed by atoms with E-state index in [4.69, 9.17) is 0 Å². The van der Waals surface area contributed by atoms with Crippen LogP contribution in [0.15, 0.2) is 36.5 Å². The summed E-state index contributed by atoms with van der Waals surface area (Å²) < 4.78 is 1.80. The van der Waals surface area contributed by atoms with Gasteiger partial charge in [0.15, 0.2) is 0 Å². The third-order valence-electron chi connectivity index (χ3n) is 4.85. The molecular weight excluding hydrogens is 306 g/mol. The molecule has 1 aliphatic carbocycles. The molecule has 0 spiro atoms. The summed E-state index contributed by atoms with van der Waals surface area (Å²) in [6, 6.07) is 9.91. The maximum atomic E-state index is 10.9. The molecule has 2 heterocycles. The number of aromatic nitrogens is 7. The molecule has 124 valence electrons. The van der Waals surface area contributed by atoms with Gasteiger partial charge in [-0.05, 0) is 12.8 Å². The number of aliphatic hydroxyl groups is 1. The molecule has 8 nitrogen and oxygen atoms in total. The van der Waals surface area contributed by atoms with Gasteiger partial charge in [-0.2, -0.15) is 5.21 Å². The first-order valence-corrected chi connectivity index (χ1v) is 8.19. The summed E-state index contributed by atoms with van der Waals surface area (Å²) in [6.45, 7) is 0. The molecule has 1 fully saturated rings. The lowest BCUT2D eigenvalue weighted by Gasteiger charge is -2.39. The number of aromatic amines is 1. The fourth-order valence-corrected chi connectivity index (χ4v) is 3.54. The normalized spacial score (nSPS) is 18.4. The molecule has 8 heteroatoms. The van der Waals surface area contributed by atoms with Gasteiger partial charge in [-0.15, -0.1) is 15.3 Å². The Balaban J connectivity index is 1.73. The summed E-state index contributed by atoms with van der Waals surface area (Å²) in [4.78, 5) is 0. The molecule has 24 heavy (non-hydrogen) atoms. The first-order valence-electron chi connectivity index (χ1n) is 8.19. The van der Waals surface area contributed by atoms with Crippen LogP contribution in [0.4, 0.5) is 0 Å². The van der Waals surface area contributed by atoms with E-state index in [1.165, 1.54) is 0 Å². The molecule has 1 unspecified atom stereocenters. The minimum atomic E-state index is -0.873. The SMILES string of the molecule is OC(c1nn[nH]n1)C1(n2cc(-c3ccccc3)nn2)CCCCC1. The number of H-pyrrole nitrogens is 1. The van der Waals surface area contributed by atoms with Crippen molar-refractivity contribution in [3.63, 3.8) is 0 Å². The second-order valence-electron chi connectivity index (χ2n) is 6.25. The van der Waals surface area contributed by atoms with Gasteiger partial charge >= 0.3 is 0 Å². The van der Waals surface area contributed by atoms with Crippen molar-refractivity contribution >= 4 is 0 Å². The predicted octanol–water partition coefficient (Wildman–Crippen LogP) is 1.85. The van der Waals surface area contributed by atoms with Crippen LogP contribution in [0.5, 0.6) is 0 Å². The van der Waals surface area contributed by atoms with Gasteiger partial charge in [-0.25, -0.2) is 4.68 Å². The molecule has 3 aromatic rings. The maximum Gasteiger partial charge on any atom is 0.205 e. The average Bonchev–Trinajstić information content (AvgIpc) is 3.34. The molecule has 1 aliphatic rings. The van der Waals surface area contributed by atoms with Gasteiger partial charge in [0.1, 0.15) is 11.8 Å². The predicted molar refractivity (Wildman–Crippen MR) is 85.7 cm³/mol. The molecule has 2 aromatic heterocycles. The number of hydrogen-bond acceptors (Lipinski definition) is 6. The fourth-order valence-electron chi connectivity index (χ4n) is 3.54. The number of nitrogens with one attached hydrogen (secondary N) is 1. The van der Waals surface area contributed by atoms with Crippen molar-refractivity contribution in [2.75, 3.05) is 0 Å². The van der Waals surface area contributed by atoms with E-state index in [0.29, 0.717) is 5.82 Å². The summed E-state index contributed by atoms with van der Waals surface area (Å²) in [5.74, 6) is 0.300. The molecule has 2 N–H and O–H groups in total. The Labute approximate surface area is 138 Å². The van der Waals surface area contributed by atoms with E-state index >= 15 is 0 Å². The molecule has 1 atom stereocenters. The van der Waals surface area contributed by atoms with Crippen LogP contribution in [0.3, 0.4) is 0 Å². The molecule has 0 amide bonds. The van der Waals surface area contributed by atoms with E-state index in [2.05, 4.69) is 30.9 Å². The Morgan fingerprint density at radius 3 is 2.58 bits per heavy atom. The summed E-state index contributed by atoms with van der Waals surface area (Å²) >= 11 is 0. The zero-order chi connectivity index (χ0) is 16.4. The Morgan fingerprint density at radius 2 is 1.88 bits per heavy atom. The molecule has 0 bridgehead atoms. The lowest BCUT2D eigenvalue weighted by molar-refractivity contribution is -0.0113. The molecule has 0 aliphatic heterocycles. The quantitative estimate of drug-likeness (QED) is 0.758. The number of rotatable bonds is 4. The van der Waals surface area contributed by atoms with Gasteiger partial charge < -0.3 is 5.11 Å². The van der Waals surface area contributed by atoms with Crippen molar-refractivity contribution in [3.8, 4) is 11.3 Å². The van der Waals surface area contributed by atoms with Crippen LogP contribution in [0.1, 0.15) is 44.0 Å². The minimum Gasteiger partial charge on any atom is -0.382 e. The third kappa shape index (κ3) is 2.48. The van der Waals surface area contributed by atoms with E-state index in [-0.39, 0.29) is 0 Å². The number of nitrogens with zero attached hydrogens (tertiary/aromatic N) is 6. The van der Waals surface area contributed by atoms with Gasteiger partial charge in [0, 0.05) is 5.56 Å². The molecular formula is C16H19N7O. The molecule has 1 aromatic carbocycles. The minimum absolute atomic E-state index is 0.300. The van der Waals surface area contributed by atoms with Gasteiger partial charge in [0.2, 0.25) is 5.82 Å². The van der Waals surface area contributed by atoms with Crippen molar-refractivity contribution in [1.29, 1.82) is 0 Å². The molecule has 0 saturated heterocycles. The molecule has 0 radical (unpaired) electrons. The number of aliphatic hydroxyl groups excluding tert-OH is 1. The second kappa shape index (κ2) is 6.12. The van der Waals surface area contributed by atoms with Crippen molar-refractivity contribution in [2.24, 2.45) is 0 Å². The van der Waals surface area contributed by atoms with Gasteiger partial charge in [-0.3, -0.25) is 0 Å². The first-order chi connectivity index (χ1) is 11.8. The highest BCUT2D eigenvalue weighted by atomic mass is 16.3. The average molecular weight is 325 g/mol. The topological polar surface area (TPSA) is 105 Å².